The van der Waals surface area contributed by atoms with Gasteiger partial charge in [0.2, 0.25) is 0 Å². The van der Waals surface area contributed by atoms with Crippen LogP contribution in [0.4, 0.5) is 5.69 Å². The summed E-state index contributed by atoms with van der Waals surface area (Å²) in [6, 6.07) is 5.93. The Bertz CT molecular complexity index is 1030. The van der Waals surface area contributed by atoms with Crippen molar-refractivity contribution in [3.05, 3.63) is 62.2 Å². The quantitative estimate of drug-likeness (QED) is 0.270. The molecule has 0 amide bonds. The third-order valence-corrected chi connectivity index (χ3v) is 8.54. The van der Waals surface area contributed by atoms with Gasteiger partial charge in [-0.25, -0.2) is 4.79 Å². The van der Waals surface area contributed by atoms with E-state index < -0.39 is 24.4 Å². The van der Waals surface area contributed by atoms with Crippen LogP contribution in [0.15, 0.2) is 46.5 Å². The maximum atomic E-state index is 14.0. The van der Waals surface area contributed by atoms with E-state index in [4.69, 9.17) is 13.8 Å². The van der Waals surface area contributed by atoms with Crippen molar-refractivity contribution in [1.29, 1.82) is 0 Å². The highest BCUT2D eigenvalue weighted by Crippen LogP contribution is 2.67. The maximum absolute atomic E-state index is 14.0. The molecule has 32 heavy (non-hydrogen) atoms. The molecule has 0 aromatic heterocycles. The number of methoxy groups -OCH3 is 1. The van der Waals surface area contributed by atoms with Crippen LogP contribution in [0.25, 0.3) is 0 Å². The summed E-state index contributed by atoms with van der Waals surface area (Å²) in [6.07, 6.45) is 1.61. The average molecular weight is 464 g/mol. The van der Waals surface area contributed by atoms with E-state index in [0.29, 0.717) is 17.0 Å². The van der Waals surface area contributed by atoms with Crippen LogP contribution in [0.2, 0.25) is 0 Å². The van der Waals surface area contributed by atoms with Crippen LogP contribution in [0.1, 0.15) is 52.0 Å². The third kappa shape index (κ3) is 4.25. The molecular formula is C22H29N2O7P. The highest BCUT2D eigenvalue weighted by Gasteiger charge is 2.49. The van der Waals surface area contributed by atoms with Gasteiger partial charge in [0.1, 0.15) is 0 Å². The molecule has 174 valence electrons. The maximum Gasteiger partial charge on any atom is 0.360 e. The molecule has 1 atom stereocenters. The summed E-state index contributed by atoms with van der Waals surface area (Å²) in [7, 11) is -2.57. The molecule has 0 bridgehead atoms. The van der Waals surface area contributed by atoms with Crippen LogP contribution in [0.5, 0.6) is 0 Å². The van der Waals surface area contributed by atoms with Gasteiger partial charge in [0, 0.05) is 28.9 Å². The zero-order chi connectivity index (χ0) is 23.7. The Morgan fingerprint density at radius 2 is 1.88 bits per heavy atom. The second kappa shape index (κ2) is 9.17. The molecule has 1 saturated heterocycles. The van der Waals surface area contributed by atoms with Crippen LogP contribution in [-0.2, 0) is 23.1 Å². The van der Waals surface area contributed by atoms with Gasteiger partial charge in [-0.15, -0.1) is 0 Å². The van der Waals surface area contributed by atoms with E-state index >= 15 is 0 Å². The fourth-order valence-electron chi connectivity index (χ4n) is 4.19. The van der Waals surface area contributed by atoms with Gasteiger partial charge >= 0.3 is 13.6 Å². The largest absolute Gasteiger partial charge is 0.466 e. The van der Waals surface area contributed by atoms with Gasteiger partial charge < -0.3 is 19.1 Å². The molecule has 0 spiro atoms. The summed E-state index contributed by atoms with van der Waals surface area (Å²) >= 11 is 0. The van der Waals surface area contributed by atoms with Crippen molar-refractivity contribution in [1.82, 2.24) is 5.32 Å². The zero-order valence-corrected chi connectivity index (χ0v) is 19.9. The Kier molecular flexibility index (Phi) is 6.93. The van der Waals surface area contributed by atoms with Crippen molar-refractivity contribution in [2.24, 2.45) is 5.41 Å². The minimum atomic E-state index is -3.82. The fourth-order valence-corrected chi connectivity index (χ4v) is 6.49. The van der Waals surface area contributed by atoms with Gasteiger partial charge in [-0.05, 0) is 32.3 Å². The molecule has 10 heteroatoms. The summed E-state index contributed by atoms with van der Waals surface area (Å²) in [5, 5.41) is 14.8. The normalized spacial score (nSPS) is 22.3. The lowest BCUT2D eigenvalue weighted by atomic mass is 9.84. The standard InChI is InChI=1S/C22H29N2O7P/c1-6-22(7-2)12-30-32(28,31-13-22)20-15(4)23-14(3)18(21(25)29-5)19(20)16-9-8-10-17(11-16)24(26)27/h8-11,19,23H,6-7,12-13H2,1-5H3. The minimum Gasteiger partial charge on any atom is -0.466 e. The fraction of sp³-hybridized carbons (Fsp3) is 0.500. The number of nitrogens with zero attached hydrogens (tertiary/aromatic N) is 1. The molecule has 0 saturated carbocycles. The number of hydrogen-bond donors (Lipinski definition) is 1. The Hall–Kier alpha value is -2.48. The van der Waals surface area contributed by atoms with Gasteiger partial charge in [0.25, 0.3) is 5.69 Å². The SMILES string of the molecule is CCC1(CC)COP(=O)(C2=C(C)NC(C)=C(C(=O)OC)C2c2cccc([N+](=O)[O-])c2)OC1. The molecule has 1 fully saturated rings. The molecule has 1 aromatic rings. The van der Waals surface area contributed by atoms with E-state index in [9.17, 15) is 19.5 Å². The molecule has 3 rings (SSSR count). The molecule has 0 radical (unpaired) electrons. The van der Waals surface area contributed by atoms with Crippen molar-refractivity contribution >= 4 is 19.3 Å². The predicted octanol–water partition coefficient (Wildman–Crippen LogP) is 5.01. The predicted molar refractivity (Wildman–Crippen MR) is 119 cm³/mol. The van der Waals surface area contributed by atoms with Crippen LogP contribution in [0.3, 0.4) is 0 Å². The first-order chi connectivity index (χ1) is 15.1. The summed E-state index contributed by atoms with van der Waals surface area (Å²) in [6.45, 7) is 8.01. The van der Waals surface area contributed by atoms with E-state index in [1.54, 1.807) is 19.9 Å². The summed E-state index contributed by atoms with van der Waals surface area (Å²) in [4.78, 5) is 23.6. The number of benzene rings is 1. The number of esters is 1. The Morgan fingerprint density at radius 1 is 1.25 bits per heavy atom. The molecule has 2 aliphatic rings. The van der Waals surface area contributed by atoms with E-state index in [2.05, 4.69) is 5.32 Å². The van der Waals surface area contributed by atoms with Crippen LogP contribution in [-0.4, -0.2) is 31.2 Å². The van der Waals surface area contributed by atoms with Crippen LogP contribution < -0.4 is 5.32 Å². The number of carbonyl (C=O) groups is 1. The molecule has 0 aliphatic carbocycles. The third-order valence-electron chi connectivity index (χ3n) is 6.42. The van der Waals surface area contributed by atoms with Crippen molar-refractivity contribution < 1.29 is 28.1 Å². The molecule has 9 nitrogen and oxygen atoms in total. The van der Waals surface area contributed by atoms with E-state index in [-0.39, 0.29) is 35.2 Å². The van der Waals surface area contributed by atoms with Gasteiger partial charge in [0.05, 0.1) is 42.1 Å². The Morgan fingerprint density at radius 3 is 2.41 bits per heavy atom. The monoisotopic (exact) mass is 464 g/mol. The first kappa shape index (κ1) is 24.2. The lowest BCUT2D eigenvalue weighted by Gasteiger charge is -2.41. The zero-order valence-electron chi connectivity index (χ0n) is 19.0. The smallest absolute Gasteiger partial charge is 0.360 e. The molecule has 2 aliphatic heterocycles. The number of carbonyl (C=O) groups excluding carboxylic acids is 1. The number of allylic oxidation sites excluding steroid dienone is 3. The summed E-state index contributed by atoms with van der Waals surface area (Å²) in [5.74, 6) is -1.51. The summed E-state index contributed by atoms with van der Waals surface area (Å²) < 4.78 is 30.9. The summed E-state index contributed by atoms with van der Waals surface area (Å²) in [5.41, 5.74) is 1.30. The van der Waals surface area contributed by atoms with Crippen molar-refractivity contribution in [3.63, 3.8) is 0 Å². The topological polar surface area (TPSA) is 117 Å². The van der Waals surface area contributed by atoms with Crippen LogP contribution >= 0.6 is 7.60 Å². The number of rotatable bonds is 6. The number of nitro groups is 1. The second-order valence-electron chi connectivity index (χ2n) is 8.20. The van der Waals surface area contributed by atoms with Gasteiger partial charge in [0.15, 0.2) is 0 Å². The van der Waals surface area contributed by atoms with Gasteiger partial charge in [-0.3, -0.25) is 14.7 Å². The molecular weight excluding hydrogens is 435 g/mol. The van der Waals surface area contributed by atoms with E-state index in [1.807, 2.05) is 13.8 Å². The number of nitro benzene ring substituents is 1. The van der Waals surface area contributed by atoms with Crippen molar-refractivity contribution in [2.45, 2.75) is 46.5 Å². The Labute approximate surface area is 187 Å². The first-order valence-corrected chi connectivity index (χ1v) is 12.1. The number of hydrogen-bond acceptors (Lipinski definition) is 8. The molecule has 1 unspecified atom stereocenters. The van der Waals surface area contributed by atoms with Crippen molar-refractivity contribution in [2.75, 3.05) is 20.3 Å². The van der Waals surface area contributed by atoms with E-state index in [0.717, 1.165) is 12.8 Å². The number of ether oxygens (including phenoxy) is 1. The van der Waals surface area contributed by atoms with Crippen molar-refractivity contribution in [3.8, 4) is 0 Å². The minimum absolute atomic E-state index is 0.139. The first-order valence-electron chi connectivity index (χ1n) is 10.5. The molecule has 1 N–H and O–H groups in total. The highest BCUT2D eigenvalue weighted by atomic mass is 31.2. The highest BCUT2D eigenvalue weighted by molar-refractivity contribution is 7.58. The number of dihydropyridines is 1. The Balaban J connectivity index is 2.16. The van der Waals surface area contributed by atoms with Crippen LogP contribution in [0, 0.1) is 15.5 Å². The lowest BCUT2D eigenvalue weighted by molar-refractivity contribution is -0.384. The molecule has 2 heterocycles. The second-order valence-corrected chi connectivity index (χ2v) is 10.2. The number of nitrogens with one attached hydrogen (secondary N) is 1. The number of non-ortho nitro benzene ring substituents is 1. The molecule has 1 aromatic carbocycles. The van der Waals surface area contributed by atoms with Gasteiger partial charge in [-0.2, -0.15) is 0 Å². The lowest BCUT2D eigenvalue weighted by Crippen LogP contribution is -2.36. The van der Waals surface area contributed by atoms with Gasteiger partial charge in [-0.1, -0.05) is 26.0 Å². The van der Waals surface area contributed by atoms with E-state index in [1.165, 1.54) is 25.3 Å². The average Bonchev–Trinajstić information content (AvgIpc) is 2.79.